The Morgan fingerprint density at radius 2 is 2.16 bits per heavy atom. The molecule has 1 saturated heterocycles. The summed E-state index contributed by atoms with van der Waals surface area (Å²) < 4.78 is 0. The quantitative estimate of drug-likeness (QED) is 0.770. The van der Waals surface area contributed by atoms with Crippen LogP contribution in [0.1, 0.15) is 18.5 Å². The predicted molar refractivity (Wildman–Crippen MR) is 69.0 cm³/mol. The van der Waals surface area contributed by atoms with Gasteiger partial charge >= 0.3 is 0 Å². The normalized spacial score (nSPS) is 16.8. The summed E-state index contributed by atoms with van der Waals surface area (Å²) in [6, 6.07) is 2.26. The number of hydrogen-bond acceptors (Lipinski definition) is 6. The van der Waals surface area contributed by atoms with Crippen LogP contribution in [-0.4, -0.2) is 46.5 Å². The molecule has 2 rings (SSSR count). The van der Waals surface area contributed by atoms with Crippen molar-refractivity contribution in [2.24, 2.45) is 5.73 Å². The van der Waals surface area contributed by atoms with Crippen molar-refractivity contribution in [3.63, 3.8) is 0 Å². The van der Waals surface area contributed by atoms with Crippen LogP contribution in [-0.2, 0) is 4.79 Å². The Bertz CT molecular complexity index is 489. The molecular formula is C12H16N6O. The molecule has 0 aliphatic carbocycles. The topological polar surface area (TPSA) is 108 Å². The first-order chi connectivity index (χ1) is 9.19. The number of nitrogens with one attached hydrogen (secondary N) is 1. The Morgan fingerprint density at radius 1 is 1.47 bits per heavy atom. The number of likely N-dealkylation sites (tertiary alicyclic amines) is 1. The molecular weight excluding hydrogens is 244 g/mol. The maximum absolute atomic E-state index is 10.8. The van der Waals surface area contributed by atoms with Crippen molar-refractivity contribution < 1.29 is 4.79 Å². The Morgan fingerprint density at radius 3 is 2.79 bits per heavy atom. The van der Waals surface area contributed by atoms with Crippen molar-refractivity contribution in [1.29, 1.82) is 5.26 Å². The van der Waals surface area contributed by atoms with Gasteiger partial charge in [-0.05, 0) is 12.8 Å². The van der Waals surface area contributed by atoms with E-state index in [1.54, 1.807) is 6.20 Å². The van der Waals surface area contributed by atoms with Gasteiger partial charge in [-0.15, -0.1) is 0 Å². The number of piperidine rings is 1. The molecule has 1 aliphatic heterocycles. The molecule has 0 spiro atoms. The molecule has 100 valence electrons. The second kappa shape index (κ2) is 6.11. The molecule has 1 aromatic heterocycles. The van der Waals surface area contributed by atoms with E-state index in [9.17, 15) is 4.79 Å². The molecule has 1 aliphatic rings. The SMILES string of the molecule is N#Cc1nccnc1NC1CCN(CC(N)=O)CC1. The molecule has 0 radical (unpaired) electrons. The fourth-order valence-corrected chi connectivity index (χ4v) is 2.17. The lowest BCUT2D eigenvalue weighted by Crippen LogP contribution is -2.43. The van der Waals surface area contributed by atoms with Gasteiger partial charge < -0.3 is 11.1 Å². The number of rotatable bonds is 4. The summed E-state index contributed by atoms with van der Waals surface area (Å²) >= 11 is 0. The van der Waals surface area contributed by atoms with E-state index in [1.165, 1.54) is 6.20 Å². The van der Waals surface area contributed by atoms with Gasteiger partial charge in [0.15, 0.2) is 11.5 Å². The number of anilines is 1. The maximum Gasteiger partial charge on any atom is 0.231 e. The summed E-state index contributed by atoms with van der Waals surface area (Å²) in [6.07, 6.45) is 4.83. The average molecular weight is 260 g/mol. The zero-order chi connectivity index (χ0) is 13.7. The number of carbonyl (C=O) groups excluding carboxylic acids is 1. The summed E-state index contributed by atoms with van der Waals surface area (Å²) in [5.41, 5.74) is 5.48. The van der Waals surface area contributed by atoms with E-state index in [0.717, 1.165) is 25.9 Å². The second-order valence-corrected chi connectivity index (χ2v) is 4.53. The molecule has 7 nitrogen and oxygen atoms in total. The third-order valence-electron chi connectivity index (χ3n) is 3.11. The Kier molecular flexibility index (Phi) is 4.26. The van der Waals surface area contributed by atoms with E-state index in [0.29, 0.717) is 18.1 Å². The van der Waals surface area contributed by atoms with Gasteiger partial charge in [0, 0.05) is 31.5 Å². The summed E-state index contributed by atoms with van der Waals surface area (Å²) in [5, 5.41) is 12.2. The minimum absolute atomic E-state index is 0.243. The van der Waals surface area contributed by atoms with E-state index in [1.807, 2.05) is 11.0 Å². The van der Waals surface area contributed by atoms with Crippen molar-refractivity contribution in [3.8, 4) is 6.07 Å². The van der Waals surface area contributed by atoms with E-state index < -0.39 is 0 Å². The number of primary amides is 1. The first-order valence-electron chi connectivity index (χ1n) is 6.17. The van der Waals surface area contributed by atoms with E-state index in [4.69, 9.17) is 11.0 Å². The monoisotopic (exact) mass is 260 g/mol. The molecule has 0 aromatic carbocycles. The van der Waals surface area contributed by atoms with Gasteiger partial charge in [0.2, 0.25) is 5.91 Å². The van der Waals surface area contributed by atoms with E-state index >= 15 is 0 Å². The van der Waals surface area contributed by atoms with Crippen LogP contribution in [0.15, 0.2) is 12.4 Å². The smallest absolute Gasteiger partial charge is 0.231 e. The molecule has 1 aromatic rings. The number of nitriles is 1. The lowest BCUT2D eigenvalue weighted by molar-refractivity contribution is -0.119. The average Bonchev–Trinajstić information content (AvgIpc) is 2.41. The van der Waals surface area contributed by atoms with Crippen LogP contribution in [0.2, 0.25) is 0 Å². The molecule has 7 heteroatoms. The van der Waals surface area contributed by atoms with Crippen LogP contribution in [0, 0.1) is 11.3 Å². The fraction of sp³-hybridized carbons (Fsp3) is 0.500. The number of nitrogens with two attached hydrogens (primary N) is 1. The zero-order valence-corrected chi connectivity index (χ0v) is 10.5. The summed E-state index contributed by atoms with van der Waals surface area (Å²) in [7, 11) is 0. The van der Waals surface area contributed by atoms with Crippen LogP contribution in [0.3, 0.4) is 0 Å². The standard InChI is InChI=1S/C12H16N6O/c13-7-10-12(16-4-3-15-10)17-9-1-5-18(6-2-9)8-11(14)19/h3-4,9H,1-2,5-6,8H2,(H2,14,19)(H,16,17). The first kappa shape index (κ1) is 13.2. The second-order valence-electron chi connectivity index (χ2n) is 4.53. The van der Waals surface area contributed by atoms with Crippen LogP contribution < -0.4 is 11.1 Å². The maximum atomic E-state index is 10.8. The molecule has 0 atom stereocenters. The highest BCUT2D eigenvalue weighted by molar-refractivity contribution is 5.75. The van der Waals surface area contributed by atoms with Gasteiger partial charge in [0.1, 0.15) is 6.07 Å². The molecule has 1 fully saturated rings. The highest BCUT2D eigenvalue weighted by Gasteiger charge is 2.21. The van der Waals surface area contributed by atoms with Crippen LogP contribution in [0.5, 0.6) is 0 Å². The minimum atomic E-state index is -0.299. The van der Waals surface area contributed by atoms with Crippen molar-refractivity contribution in [3.05, 3.63) is 18.1 Å². The molecule has 19 heavy (non-hydrogen) atoms. The highest BCUT2D eigenvalue weighted by Crippen LogP contribution is 2.16. The molecule has 0 saturated carbocycles. The number of carbonyl (C=O) groups is 1. The van der Waals surface area contributed by atoms with Crippen LogP contribution in [0.4, 0.5) is 5.82 Å². The summed E-state index contributed by atoms with van der Waals surface area (Å²) in [6.45, 7) is 1.92. The lowest BCUT2D eigenvalue weighted by Gasteiger charge is -2.31. The largest absolute Gasteiger partial charge is 0.369 e. The van der Waals surface area contributed by atoms with Crippen molar-refractivity contribution in [2.75, 3.05) is 25.0 Å². The lowest BCUT2D eigenvalue weighted by atomic mass is 10.0. The van der Waals surface area contributed by atoms with Crippen LogP contribution in [0.25, 0.3) is 0 Å². The fourth-order valence-electron chi connectivity index (χ4n) is 2.17. The van der Waals surface area contributed by atoms with Gasteiger partial charge in [-0.3, -0.25) is 9.69 Å². The van der Waals surface area contributed by atoms with Gasteiger partial charge in [-0.2, -0.15) is 5.26 Å². The predicted octanol–water partition coefficient (Wildman–Crippen LogP) is -0.290. The summed E-state index contributed by atoms with van der Waals surface area (Å²) in [4.78, 5) is 21.0. The molecule has 1 amide bonds. The third-order valence-corrected chi connectivity index (χ3v) is 3.11. The van der Waals surface area contributed by atoms with E-state index in [-0.39, 0.29) is 11.9 Å². The summed E-state index contributed by atoms with van der Waals surface area (Å²) in [5.74, 6) is 0.227. The van der Waals surface area contributed by atoms with Crippen molar-refractivity contribution in [1.82, 2.24) is 14.9 Å². The minimum Gasteiger partial charge on any atom is -0.369 e. The molecule has 0 unspecified atom stereocenters. The van der Waals surface area contributed by atoms with Gasteiger partial charge in [-0.1, -0.05) is 0 Å². The van der Waals surface area contributed by atoms with Crippen LogP contribution >= 0.6 is 0 Å². The zero-order valence-electron chi connectivity index (χ0n) is 10.5. The molecule has 0 bridgehead atoms. The van der Waals surface area contributed by atoms with Gasteiger partial charge in [0.25, 0.3) is 0 Å². The van der Waals surface area contributed by atoms with Gasteiger partial charge in [0.05, 0.1) is 6.54 Å². The molecule has 2 heterocycles. The number of hydrogen-bond donors (Lipinski definition) is 2. The van der Waals surface area contributed by atoms with E-state index in [2.05, 4.69) is 15.3 Å². The van der Waals surface area contributed by atoms with Crippen molar-refractivity contribution >= 4 is 11.7 Å². The van der Waals surface area contributed by atoms with Crippen molar-refractivity contribution in [2.45, 2.75) is 18.9 Å². The van der Waals surface area contributed by atoms with Gasteiger partial charge in [-0.25, -0.2) is 9.97 Å². The Balaban J connectivity index is 1.89. The number of nitrogens with zero attached hydrogens (tertiary/aromatic N) is 4. The first-order valence-corrected chi connectivity index (χ1v) is 6.17. The highest BCUT2D eigenvalue weighted by atomic mass is 16.1. The Labute approximate surface area is 111 Å². The number of amides is 1. The third kappa shape index (κ3) is 3.63. The number of aromatic nitrogens is 2. The molecule has 3 N–H and O–H groups in total. The Hall–Kier alpha value is -2.20.